The molecule has 1 N–H and O–H groups in total. The summed E-state index contributed by atoms with van der Waals surface area (Å²) in [4.78, 5) is 0. The molecule has 21 heavy (non-hydrogen) atoms. The Morgan fingerprint density at radius 1 is 1.05 bits per heavy atom. The predicted octanol–water partition coefficient (Wildman–Crippen LogP) is 3.10. The number of aliphatic hydroxyl groups is 1. The SMILES string of the molecule is CCC1OC(OC2C(C)C=COC2CC)C(C)C(C)C1O. The molecule has 0 spiro atoms. The summed E-state index contributed by atoms with van der Waals surface area (Å²) in [6, 6.07) is 0. The molecule has 4 nitrogen and oxygen atoms in total. The van der Waals surface area contributed by atoms with Crippen LogP contribution in [0.3, 0.4) is 0 Å². The summed E-state index contributed by atoms with van der Waals surface area (Å²) in [5.41, 5.74) is 0. The normalized spacial score (nSPS) is 47.1. The van der Waals surface area contributed by atoms with E-state index < -0.39 is 6.10 Å². The van der Waals surface area contributed by atoms with E-state index in [0.29, 0.717) is 5.92 Å². The van der Waals surface area contributed by atoms with Gasteiger partial charge >= 0.3 is 0 Å². The van der Waals surface area contributed by atoms with Crippen LogP contribution >= 0.6 is 0 Å². The molecule has 0 amide bonds. The summed E-state index contributed by atoms with van der Waals surface area (Å²) in [6.45, 7) is 10.5. The maximum absolute atomic E-state index is 10.3. The van der Waals surface area contributed by atoms with Gasteiger partial charge in [-0.15, -0.1) is 0 Å². The third kappa shape index (κ3) is 3.43. The van der Waals surface area contributed by atoms with Crippen LogP contribution in [0.4, 0.5) is 0 Å². The standard InChI is InChI=1S/C17H30O4/c1-6-13-15(18)11(4)12(5)17(20-13)21-16-10(3)8-9-19-14(16)7-2/h8-18H,6-7H2,1-5H3. The summed E-state index contributed by atoms with van der Waals surface area (Å²) in [5, 5.41) is 10.3. The fraction of sp³-hybridized carbons (Fsp3) is 0.882. The molecular formula is C17H30O4. The Bertz CT molecular complexity index is 355. The van der Waals surface area contributed by atoms with Crippen LogP contribution in [0.15, 0.2) is 12.3 Å². The fourth-order valence-electron chi connectivity index (χ4n) is 3.26. The molecule has 0 bridgehead atoms. The zero-order valence-electron chi connectivity index (χ0n) is 13.9. The van der Waals surface area contributed by atoms with Gasteiger partial charge in [-0.05, 0) is 24.8 Å². The van der Waals surface area contributed by atoms with Crippen LogP contribution in [0.25, 0.3) is 0 Å². The average Bonchev–Trinajstić information content (AvgIpc) is 2.49. The predicted molar refractivity (Wildman–Crippen MR) is 81.6 cm³/mol. The lowest BCUT2D eigenvalue weighted by molar-refractivity contribution is -0.290. The van der Waals surface area contributed by atoms with E-state index in [0.717, 1.165) is 12.8 Å². The van der Waals surface area contributed by atoms with Gasteiger partial charge in [0.15, 0.2) is 6.29 Å². The van der Waals surface area contributed by atoms with Gasteiger partial charge in [0.2, 0.25) is 0 Å². The van der Waals surface area contributed by atoms with Crippen molar-refractivity contribution in [2.45, 2.75) is 78.2 Å². The van der Waals surface area contributed by atoms with E-state index in [9.17, 15) is 5.11 Å². The van der Waals surface area contributed by atoms with Crippen molar-refractivity contribution in [1.29, 1.82) is 0 Å². The number of hydrogen-bond donors (Lipinski definition) is 1. The van der Waals surface area contributed by atoms with Crippen molar-refractivity contribution in [3.63, 3.8) is 0 Å². The van der Waals surface area contributed by atoms with Gasteiger partial charge in [-0.1, -0.05) is 34.6 Å². The van der Waals surface area contributed by atoms with Gasteiger partial charge in [-0.2, -0.15) is 0 Å². The van der Waals surface area contributed by atoms with E-state index >= 15 is 0 Å². The average molecular weight is 298 g/mol. The molecular weight excluding hydrogens is 268 g/mol. The Labute approximate surface area is 128 Å². The molecule has 2 aliphatic heterocycles. The minimum absolute atomic E-state index is 0.00685. The van der Waals surface area contributed by atoms with E-state index in [1.165, 1.54) is 0 Å². The van der Waals surface area contributed by atoms with Crippen LogP contribution in [0.2, 0.25) is 0 Å². The topological polar surface area (TPSA) is 47.9 Å². The van der Waals surface area contributed by atoms with Crippen molar-refractivity contribution >= 4 is 0 Å². The molecule has 8 atom stereocenters. The zero-order chi connectivity index (χ0) is 15.6. The summed E-state index contributed by atoms with van der Waals surface area (Å²) in [5.74, 6) is 0.643. The molecule has 0 radical (unpaired) electrons. The van der Waals surface area contributed by atoms with Gasteiger partial charge in [0.05, 0.1) is 18.5 Å². The largest absolute Gasteiger partial charge is 0.496 e. The lowest BCUT2D eigenvalue weighted by Crippen LogP contribution is -2.52. The molecule has 0 aromatic heterocycles. The minimum Gasteiger partial charge on any atom is -0.496 e. The van der Waals surface area contributed by atoms with Gasteiger partial charge < -0.3 is 19.3 Å². The smallest absolute Gasteiger partial charge is 0.161 e. The van der Waals surface area contributed by atoms with Crippen LogP contribution < -0.4 is 0 Å². The first-order valence-electron chi connectivity index (χ1n) is 8.30. The number of rotatable bonds is 4. The van der Waals surface area contributed by atoms with Crippen LogP contribution in [0.1, 0.15) is 47.5 Å². The molecule has 8 unspecified atom stereocenters. The highest BCUT2D eigenvalue weighted by Gasteiger charge is 2.43. The van der Waals surface area contributed by atoms with Crippen LogP contribution in [-0.2, 0) is 14.2 Å². The van der Waals surface area contributed by atoms with Gasteiger partial charge in [-0.3, -0.25) is 0 Å². The number of aliphatic hydroxyl groups excluding tert-OH is 1. The Balaban J connectivity index is 2.08. The minimum atomic E-state index is -0.410. The Morgan fingerprint density at radius 2 is 1.71 bits per heavy atom. The summed E-state index contributed by atoms with van der Waals surface area (Å²) in [6.07, 6.45) is 4.79. The maximum Gasteiger partial charge on any atom is 0.161 e. The van der Waals surface area contributed by atoms with Gasteiger partial charge in [0, 0.05) is 11.8 Å². The molecule has 0 saturated carbocycles. The molecule has 1 saturated heterocycles. The van der Waals surface area contributed by atoms with Crippen LogP contribution in [-0.4, -0.2) is 35.8 Å². The van der Waals surface area contributed by atoms with Crippen molar-refractivity contribution in [3.8, 4) is 0 Å². The highest BCUT2D eigenvalue weighted by Crippen LogP contribution is 2.35. The Kier molecular flexibility index (Phi) is 5.69. The van der Waals surface area contributed by atoms with Crippen LogP contribution in [0, 0.1) is 17.8 Å². The molecule has 2 heterocycles. The van der Waals surface area contributed by atoms with E-state index in [-0.39, 0.29) is 36.4 Å². The van der Waals surface area contributed by atoms with Gasteiger partial charge in [0.1, 0.15) is 12.2 Å². The molecule has 0 aliphatic carbocycles. The fourth-order valence-corrected chi connectivity index (χ4v) is 3.26. The zero-order valence-corrected chi connectivity index (χ0v) is 13.9. The second kappa shape index (κ2) is 7.12. The summed E-state index contributed by atoms with van der Waals surface area (Å²) >= 11 is 0. The second-order valence-corrected chi connectivity index (χ2v) is 6.53. The van der Waals surface area contributed by atoms with Gasteiger partial charge in [-0.25, -0.2) is 0 Å². The van der Waals surface area contributed by atoms with Crippen molar-refractivity contribution < 1.29 is 19.3 Å². The number of hydrogen-bond acceptors (Lipinski definition) is 4. The quantitative estimate of drug-likeness (QED) is 0.866. The van der Waals surface area contributed by atoms with Crippen molar-refractivity contribution in [3.05, 3.63) is 12.3 Å². The summed E-state index contributed by atoms with van der Waals surface area (Å²) in [7, 11) is 0. The monoisotopic (exact) mass is 298 g/mol. The molecule has 2 aliphatic rings. The lowest BCUT2D eigenvalue weighted by Gasteiger charge is -2.45. The second-order valence-electron chi connectivity index (χ2n) is 6.53. The van der Waals surface area contributed by atoms with Crippen molar-refractivity contribution in [1.82, 2.24) is 0 Å². The summed E-state index contributed by atoms with van der Waals surface area (Å²) < 4.78 is 18.0. The molecule has 2 rings (SSSR count). The molecule has 0 aromatic rings. The maximum atomic E-state index is 10.3. The highest BCUT2D eigenvalue weighted by molar-refractivity contribution is 4.95. The van der Waals surface area contributed by atoms with E-state index in [2.05, 4.69) is 27.7 Å². The third-order valence-electron chi connectivity index (χ3n) is 5.10. The highest BCUT2D eigenvalue weighted by atomic mass is 16.7. The van der Waals surface area contributed by atoms with Crippen LogP contribution in [0.5, 0.6) is 0 Å². The first-order valence-corrected chi connectivity index (χ1v) is 8.30. The Morgan fingerprint density at radius 3 is 2.33 bits per heavy atom. The van der Waals surface area contributed by atoms with Crippen molar-refractivity contribution in [2.75, 3.05) is 0 Å². The molecule has 0 aromatic carbocycles. The first-order chi connectivity index (χ1) is 9.99. The number of ether oxygens (including phenoxy) is 3. The molecule has 1 fully saturated rings. The van der Waals surface area contributed by atoms with Gasteiger partial charge in [0.25, 0.3) is 0 Å². The first kappa shape index (κ1) is 16.8. The molecule has 122 valence electrons. The lowest BCUT2D eigenvalue weighted by atomic mass is 9.83. The Hall–Kier alpha value is -0.580. The van der Waals surface area contributed by atoms with Crippen molar-refractivity contribution in [2.24, 2.45) is 17.8 Å². The molecule has 4 heteroatoms. The van der Waals surface area contributed by atoms with E-state index in [4.69, 9.17) is 14.2 Å². The van der Waals surface area contributed by atoms with E-state index in [1.54, 1.807) is 6.26 Å². The third-order valence-corrected chi connectivity index (χ3v) is 5.10. The van der Waals surface area contributed by atoms with E-state index in [1.807, 2.05) is 13.0 Å².